The van der Waals surface area contributed by atoms with Crippen molar-refractivity contribution >= 4 is 15.8 Å². The van der Waals surface area contributed by atoms with Gasteiger partial charge in [-0.15, -0.1) is 0 Å². The Bertz CT molecular complexity index is 889. The number of halogens is 4. The van der Waals surface area contributed by atoms with Crippen LogP contribution in [0.5, 0.6) is 5.75 Å². The van der Waals surface area contributed by atoms with E-state index < -0.39 is 37.6 Å². The summed E-state index contributed by atoms with van der Waals surface area (Å²) in [4.78, 5) is 9.78. The van der Waals surface area contributed by atoms with Gasteiger partial charge in [-0.2, -0.15) is 13.2 Å². The predicted octanol–water partition coefficient (Wildman–Crippen LogP) is 3.40. The minimum Gasteiger partial charge on any atom is -0.489 e. The van der Waals surface area contributed by atoms with Crippen molar-refractivity contribution in [1.29, 1.82) is 0 Å². The van der Waals surface area contributed by atoms with Crippen LogP contribution in [0.1, 0.15) is 15.9 Å². The van der Waals surface area contributed by atoms with Gasteiger partial charge in [0.25, 0.3) is 9.84 Å². The van der Waals surface area contributed by atoms with Crippen LogP contribution in [0.3, 0.4) is 0 Å². The molecule has 0 aliphatic carbocycles. The van der Waals surface area contributed by atoms with Gasteiger partial charge >= 0.3 is 11.5 Å². The molecule has 0 saturated carbocycles. The molecular formula is C15H10F4O5S. The highest BCUT2D eigenvalue weighted by Gasteiger charge is 2.46. The minimum absolute atomic E-state index is 0.00879. The van der Waals surface area contributed by atoms with E-state index in [-0.39, 0.29) is 12.4 Å². The first-order chi connectivity index (χ1) is 11.5. The van der Waals surface area contributed by atoms with Crippen LogP contribution in [0, 0.1) is 5.82 Å². The maximum atomic E-state index is 13.5. The van der Waals surface area contributed by atoms with Gasteiger partial charge in [0.1, 0.15) is 18.2 Å². The second-order valence-electron chi connectivity index (χ2n) is 4.83. The van der Waals surface area contributed by atoms with Crippen LogP contribution in [0.25, 0.3) is 0 Å². The fourth-order valence-electron chi connectivity index (χ4n) is 1.82. The van der Waals surface area contributed by atoms with Crippen LogP contribution in [-0.4, -0.2) is 25.0 Å². The molecular weight excluding hydrogens is 368 g/mol. The molecule has 0 spiro atoms. The third-order valence-corrected chi connectivity index (χ3v) is 4.62. The van der Waals surface area contributed by atoms with E-state index >= 15 is 0 Å². The van der Waals surface area contributed by atoms with E-state index in [9.17, 15) is 30.8 Å². The Kier molecular flexibility index (Phi) is 5.02. The lowest BCUT2D eigenvalue weighted by Crippen LogP contribution is -2.23. The molecule has 0 aliphatic heterocycles. The lowest BCUT2D eigenvalue weighted by molar-refractivity contribution is -0.0436. The van der Waals surface area contributed by atoms with Gasteiger partial charge in [-0.25, -0.2) is 17.6 Å². The Balaban J connectivity index is 2.10. The number of carboxylic acid groups (broad SMARTS) is 1. The molecule has 10 heteroatoms. The van der Waals surface area contributed by atoms with E-state index in [1.54, 1.807) is 0 Å². The smallest absolute Gasteiger partial charge is 0.489 e. The van der Waals surface area contributed by atoms with Crippen molar-refractivity contribution in [2.45, 2.75) is 17.0 Å². The fraction of sp³-hybridized carbons (Fsp3) is 0.133. The van der Waals surface area contributed by atoms with Crippen LogP contribution in [-0.2, 0) is 16.4 Å². The number of carboxylic acids is 1. The lowest BCUT2D eigenvalue weighted by atomic mass is 10.2. The van der Waals surface area contributed by atoms with Crippen LogP contribution in [0.15, 0.2) is 47.4 Å². The molecule has 0 aliphatic rings. The van der Waals surface area contributed by atoms with Crippen molar-refractivity contribution in [1.82, 2.24) is 0 Å². The van der Waals surface area contributed by atoms with Gasteiger partial charge in [0, 0.05) is 6.07 Å². The molecule has 134 valence electrons. The number of carbonyl (C=O) groups is 1. The maximum absolute atomic E-state index is 13.5. The molecule has 0 bridgehead atoms. The molecule has 0 amide bonds. The van der Waals surface area contributed by atoms with E-state index in [2.05, 4.69) is 0 Å². The van der Waals surface area contributed by atoms with Crippen LogP contribution >= 0.6 is 0 Å². The monoisotopic (exact) mass is 378 g/mol. The van der Waals surface area contributed by atoms with Crippen molar-refractivity contribution in [3.63, 3.8) is 0 Å². The molecule has 25 heavy (non-hydrogen) atoms. The molecule has 0 aromatic heterocycles. The van der Waals surface area contributed by atoms with Gasteiger partial charge in [0.15, 0.2) is 0 Å². The molecule has 2 aromatic carbocycles. The largest absolute Gasteiger partial charge is 0.501 e. The summed E-state index contributed by atoms with van der Waals surface area (Å²) in [5, 5.41) is 8.70. The number of hydrogen-bond acceptors (Lipinski definition) is 4. The van der Waals surface area contributed by atoms with Gasteiger partial charge in [0.05, 0.1) is 10.5 Å². The maximum Gasteiger partial charge on any atom is 0.501 e. The number of alkyl halides is 3. The minimum atomic E-state index is -5.42. The van der Waals surface area contributed by atoms with Gasteiger partial charge in [0.2, 0.25) is 0 Å². The number of rotatable bonds is 5. The molecule has 0 atom stereocenters. The van der Waals surface area contributed by atoms with Gasteiger partial charge in [-0.3, -0.25) is 0 Å². The molecule has 2 aromatic rings. The average Bonchev–Trinajstić information content (AvgIpc) is 2.52. The summed E-state index contributed by atoms with van der Waals surface area (Å²) in [5.41, 5.74) is -5.59. The van der Waals surface area contributed by atoms with Gasteiger partial charge < -0.3 is 9.84 Å². The topological polar surface area (TPSA) is 80.7 Å². The number of benzene rings is 2. The molecule has 0 saturated heterocycles. The van der Waals surface area contributed by atoms with E-state index in [0.29, 0.717) is 5.56 Å². The first-order valence-electron chi connectivity index (χ1n) is 6.58. The number of sulfone groups is 1. The molecule has 0 unspecified atom stereocenters. The summed E-state index contributed by atoms with van der Waals surface area (Å²) in [6, 6.07) is 6.90. The third kappa shape index (κ3) is 4.08. The number of hydrogen-bond donors (Lipinski definition) is 1. The molecule has 2 rings (SSSR count). The second-order valence-corrected chi connectivity index (χ2v) is 6.77. The summed E-state index contributed by atoms with van der Waals surface area (Å²) in [6.07, 6.45) is 0. The highest BCUT2D eigenvalue weighted by molar-refractivity contribution is 7.92. The van der Waals surface area contributed by atoms with E-state index in [4.69, 9.17) is 9.84 Å². The predicted molar refractivity (Wildman–Crippen MR) is 77.4 cm³/mol. The van der Waals surface area contributed by atoms with E-state index in [1.165, 1.54) is 6.07 Å². The van der Waals surface area contributed by atoms with Crippen LogP contribution in [0.4, 0.5) is 17.6 Å². The number of ether oxygens (including phenoxy) is 1. The zero-order valence-electron chi connectivity index (χ0n) is 12.2. The van der Waals surface area contributed by atoms with Crippen molar-refractivity contribution in [2.75, 3.05) is 0 Å². The zero-order chi connectivity index (χ0) is 18.8. The Morgan fingerprint density at radius 1 is 1.08 bits per heavy atom. The second kappa shape index (κ2) is 6.71. The zero-order valence-corrected chi connectivity index (χ0v) is 13.1. The molecule has 5 nitrogen and oxygen atoms in total. The van der Waals surface area contributed by atoms with E-state index in [1.807, 2.05) is 0 Å². The third-order valence-electron chi connectivity index (χ3n) is 3.11. The van der Waals surface area contributed by atoms with Crippen LogP contribution < -0.4 is 4.74 Å². The highest BCUT2D eigenvalue weighted by atomic mass is 32.2. The molecule has 0 radical (unpaired) electrons. The van der Waals surface area contributed by atoms with Gasteiger partial charge in [-0.1, -0.05) is 12.1 Å². The quantitative estimate of drug-likeness (QED) is 0.807. The SMILES string of the molecule is O=C(O)c1ccc(OCc2ccc(S(=O)(=O)C(F)(F)F)cc2)cc1F. The fourth-order valence-corrected chi connectivity index (χ4v) is 2.59. The Morgan fingerprint density at radius 2 is 1.68 bits per heavy atom. The van der Waals surface area contributed by atoms with Crippen molar-refractivity contribution in [2.24, 2.45) is 0 Å². The summed E-state index contributed by atoms with van der Waals surface area (Å²) in [5.74, 6) is -2.43. The Morgan fingerprint density at radius 3 is 2.16 bits per heavy atom. The first-order valence-corrected chi connectivity index (χ1v) is 8.06. The highest BCUT2D eigenvalue weighted by Crippen LogP contribution is 2.30. The Labute approximate surface area is 139 Å². The van der Waals surface area contributed by atoms with Gasteiger partial charge in [-0.05, 0) is 29.8 Å². The summed E-state index contributed by atoms with van der Waals surface area (Å²) >= 11 is 0. The van der Waals surface area contributed by atoms with Crippen LogP contribution in [0.2, 0.25) is 0 Å². The van der Waals surface area contributed by atoms with Crippen molar-refractivity contribution in [3.05, 3.63) is 59.4 Å². The summed E-state index contributed by atoms with van der Waals surface area (Å²) in [6.45, 7) is -0.182. The van der Waals surface area contributed by atoms with Crippen molar-refractivity contribution < 1.29 is 40.6 Å². The standard InChI is InChI=1S/C15H10F4O5S/c16-13-7-10(3-6-12(13)14(20)21)24-8-9-1-4-11(5-2-9)25(22,23)15(17,18)19/h1-7H,8H2,(H,20,21). The Hall–Kier alpha value is -2.62. The normalized spacial score (nSPS) is 12.0. The summed E-state index contributed by atoms with van der Waals surface area (Å²) < 4.78 is 78.4. The van der Waals surface area contributed by atoms with Crippen molar-refractivity contribution in [3.8, 4) is 5.75 Å². The first kappa shape index (κ1) is 18.7. The lowest BCUT2D eigenvalue weighted by Gasteiger charge is -2.10. The average molecular weight is 378 g/mol. The van der Waals surface area contributed by atoms with E-state index in [0.717, 1.165) is 36.4 Å². The molecule has 1 N–H and O–H groups in total. The summed E-state index contributed by atoms with van der Waals surface area (Å²) in [7, 11) is -5.42. The molecule has 0 heterocycles. The number of aromatic carboxylic acids is 1. The molecule has 0 fully saturated rings.